The number of nitrogens with zero attached hydrogens (tertiary/aromatic N) is 4. The quantitative estimate of drug-likeness (QED) is 0.422. The zero-order chi connectivity index (χ0) is 21.0. The van der Waals surface area contributed by atoms with Gasteiger partial charge in [0.15, 0.2) is 0 Å². The molecular formula is C22H28N5OS+. The number of carbonyl (C=O) groups excluding carboxylic acids is 1. The summed E-state index contributed by atoms with van der Waals surface area (Å²) in [5.41, 5.74) is 10.7. The van der Waals surface area contributed by atoms with Crippen LogP contribution in [0.2, 0.25) is 0 Å². The van der Waals surface area contributed by atoms with E-state index < -0.39 is 0 Å². The molecule has 0 aliphatic heterocycles. The van der Waals surface area contributed by atoms with Crippen molar-refractivity contribution in [3.05, 3.63) is 47.5 Å². The third-order valence-electron chi connectivity index (χ3n) is 4.90. The number of benzene rings is 2. The molecule has 0 saturated heterocycles. The standard InChI is InChI=1S/C22H27N5OS/c1-5-26(6-2)18-9-7-15(3)13-17(18)24-25-22-27(12-11-21(23)28)19-10-8-16(4)14-20(19)29-22/h7-10,13-14H,5-6,11-12H2,1-4H3,(H-,23,28)/p+1. The third-order valence-corrected chi connectivity index (χ3v) is 5.93. The Morgan fingerprint density at radius 1 is 1.07 bits per heavy atom. The highest BCUT2D eigenvalue weighted by molar-refractivity contribution is 7.21. The number of hydrogen-bond acceptors (Lipinski definition) is 5. The van der Waals surface area contributed by atoms with Crippen LogP contribution < -0.4 is 15.2 Å². The van der Waals surface area contributed by atoms with Crippen molar-refractivity contribution in [2.24, 2.45) is 16.0 Å². The van der Waals surface area contributed by atoms with Crippen LogP contribution in [-0.4, -0.2) is 19.0 Å². The van der Waals surface area contributed by atoms with Gasteiger partial charge in [-0.3, -0.25) is 4.79 Å². The molecule has 0 saturated carbocycles. The molecule has 0 unspecified atom stereocenters. The van der Waals surface area contributed by atoms with Gasteiger partial charge in [-0.15, -0.1) is 0 Å². The summed E-state index contributed by atoms with van der Waals surface area (Å²) in [4.78, 5) is 13.6. The summed E-state index contributed by atoms with van der Waals surface area (Å²) in [6, 6.07) is 12.5. The minimum Gasteiger partial charge on any atom is -0.370 e. The van der Waals surface area contributed by atoms with Crippen molar-refractivity contribution in [1.29, 1.82) is 0 Å². The Hall–Kier alpha value is -2.80. The molecule has 3 rings (SSSR count). The summed E-state index contributed by atoms with van der Waals surface area (Å²) in [5, 5.41) is 9.98. The number of nitrogens with two attached hydrogens (primary N) is 1. The number of thiazole rings is 1. The van der Waals surface area contributed by atoms with E-state index >= 15 is 0 Å². The number of anilines is 1. The molecule has 2 aromatic carbocycles. The van der Waals surface area contributed by atoms with Crippen molar-refractivity contribution in [2.75, 3.05) is 18.0 Å². The number of aryl methyl sites for hydroxylation is 3. The molecule has 2 N–H and O–H groups in total. The molecule has 0 fully saturated rings. The second-order valence-corrected chi connectivity index (χ2v) is 8.10. The van der Waals surface area contributed by atoms with E-state index in [1.54, 1.807) is 11.3 Å². The number of azo groups is 1. The van der Waals surface area contributed by atoms with Crippen LogP contribution in [0, 0.1) is 13.8 Å². The van der Waals surface area contributed by atoms with Crippen molar-refractivity contribution >= 4 is 44.0 Å². The molecule has 1 amide bonds. The first kappa shape index (κ1) is 20.9. The predicted molar refractivity (Wildman–Crippen MR) is 119 cm³/mol. The van der Waals surface area contributed by atoms with Gasteiger partial charge in [0.05, 0.1) is 21.9 Å². The summed E-state index contributed by atoms with van der Waals surface area (Å²) in [6.45, 7) is 10.7. The van der Waals surface area contributed by atoms with Crippen LogP contribution in [0.25, 0.3) is 10.2 Å². The Balaban J connectivity index is 2.05. The van der Waals surface area contributed by atoms with Gasteiger partial charge in [-0.2, -0.15) is 0 Å². The van der Waals surface area contributed by atoms with E-state index in [1.807, 2.05) is 4.57 Å². The van der Waals surface area contributed by atoms with Gasteiger partial charge in [0.2, 0.25) is 5.91 Å². The fourth-order valence-corrected chi connectivity index (χ4v) is 4.44. The van der Waals surface area contributed by atoms with Gasteiger partial charge >= 0.3 is 5.13 Å². The van der Waals surface area contributed by atoms with Gasteiger partial charge in [0.25, 0.3) is 0 Å². The zero-order valence-corrected chi connectivity index (χ0v) is 18.3. The van der Waals surface area contributed by atoms with E-state index in [2.05, 4.69) is 79.2 Å². The predicted octanol–water partition coefficient (Wildman–Crippen LogP) is 4.94. The fourth-order valence-electron chi connectivity index (χ4n) is 3.34. The molecule has 29 heavy (non-hydrogen) atoms. The highest BCUT2D eigenvalue weighted by Gasteiger charge is 2.20. The topological polar surface area (TPSA) is 74.9 Å². The van der Waals surface area contributed by atoms with E-state index in [1.165, 1.54) is 5.56 Å². The van der Waals surface area contributed by atoms with Crippen LogP contribution in [-0.2, 0) is 11.3 Å². The van der Waals surface area contributed by atoms with Crippen LogP contribution >= 0.6 is 11.3 Å². The second-order valence-electron chi connectivity index (χ2n) is 7.09. The monoisotopic (exact) mass is 410 g/mol. The van der Waals surface area contributed by atoms with Gasteiger partial charge in [-0.05, 0) is 79.5 Å². The van der Waals surface area contributed by atoms with Crippen molar-refractivity contribution in [3.63, 3.8) is 0 Å². The minimum absolute atomic E-state index is 0.266. The van der Waals surface area contributed by atoms with Gasteiger partial charge in [0, 0.05) is 13.1 Å². The average molecular weight is 411 g/mol. The number of hydrogen-bond donors (Lipinski definition) is 1. The van der Waals surface area contributed by atoms with Crippen molar-refractivity contribution in [3.8, 4) is 0 Å². The van der Waals surface area contributed by atoms with Gasteiger partial charge in [-0.1, -0.05) is 12.1 Å². The normalized spacial score (nSPS) is 11.4. The number of primary amides is 1. The van der Waals surface area contributed by atoms with Gasteiger partial charge in [0.1, 0.15) is 17.7 Å². The maximum absolute atomic E-state index is 11.4. The van der Waals surface area contributed by atoms with Gasteiger partial charge in [-0.25, -0.2) is 4.57 Å². The van der Waals surface area contributed by atoms with E-state index in [4.69, 9.17) is 5.73 Å². The molecular weight excluding hydrogens is 382 g/mol. The Morgan fingerprint density at radius 2 is 1.76 bits per heavy atom. The lowest BCUT2D eigenvalue weighted by molar-refractivity contribution is -0.653. The van der Waals surface area contributed by atoms with Crippen molar-refractivity contribution < 1.29 is 9.36 Å². The molecule has 152 valence electrons. The first-order valence-electron chi connectivity index (χ1n) is 9.91. The number of amides is 1. The van der Waals surface area contributed by atoms with E-state index in [-0.39, 0.29) is 12.3 Å². The molecule has 0 aliphatic carbocycles. The van der Waals surface area contributed by atoms with E-state index in [0.29, 0.717) is 6.54 Å². The Bertz CT molecular complexity index is 1050. The lowest BCUT2D eigenvalue weighted by Gasteiger charge is -2.21. The molecule has 0 bridgehead atoms. The Kier molecular flexibility index (Phi) is 6.59. The number of aromatic nitrogens is 1. The van der Waals surface area contributed by atoms with Crippen LogP contribution in [0.3, 0.4) is 0 Å². The molecule has 1 heterocycles. The maximum Gasteiger partial charge on any atom is 0.409 e. The number of carbonyl (C=O) groups is 1. The fraction of sp³-hybridized carbons (Fsp3) is 0.364. The van der Waals surface area contributed by atoms with Crippen molar-refractivity contribution in [2.45, 2.75) is 40.7 Å². The highest BCUT2D eigenvalue weighted by Crippen LogP contribution is 2.33. The van der Waals surface area contributed by atoms with Crippen LogP contribution in [0.15, 0.2) is 46.6 Å². The lowest BCUT2D eigenvalue weighted by atomic mass is 10.2. The largest absolute Gasteiger partial charge is 0.409 e. The molecule has 3 aromatic rings. The smallest absolute Gasteiger partial charge is 0.370 e. The SMILES string of the molecule is CCN(CC)c1ccc(C)cc1N=Nc1sc2cc(C)ccc2[n+]1CCC(N)=O. The zero-order valence-electron chi connectivity index (χ0n) is 17.5. The average Bonchev–Trinajstić information content (AvgIpc) is 3.03. The maximum atomic E-state index is 11.4. The second kappa shape index (κ2) is 9.13. The number of fused-ring (bicyclic) bond motifs is 1. The minimum atomic E-state index is -0.325. The summed E-state index contributed by atoms with van der Waals surface area (Å²) >= 11 is 1.58. The summed E-state index contributed by atoms with van der Waals surface area (Å²) in [6.07, 6.45) is 0.266. The number of rotatable bonds is 8. The molecule has 7 heteroatoms. The Morgan fingerprint density at radius 3 is 2.45 bits per heavy atom. The first-order chi connectivity index (χ1) is 13.9. The lowest BCUT2D eigenvalue weighted by Crippen LogP contribution is -2.34. The first-order valence-corrected chi connectivity index (χ1v) is 10.7. The molecule has 0 atom stereocenters. The molecule has 6 nitrogen and oxygen atoms in total. The van der Waals surface area contributed by atoms with Gasteiger partial charge < -0.3 is 10.6 Å². The third kappa shape index (κ3) is 4.79. The van der Waals surface area contributed by atoms with Crippen molar-refractivity contribution in [1.82, 2.24) is 0 Å². The van der Waals surface area contributed by atoms with E-state index in [9.17, 15) is 4.79 Å². The molecule has 0 radical (unpaired) electrons. The Labute approximate surface area is 175 Å². The molecule has 0 aliphatic rings. The van der Waals surface area contributed by atoms with Crippen LogP contribution in [0.5, 0.6) is 0 Å². The van der Waals surface area contributed by atoms with Crippen LogP contribution in [0.4, 0.5) is 16.5 Å². The van der Waals surface area contributed by atoms with Crippen LogP contribution in [0.1, 0.15) is 31.4 Å². The molecule has 0 spiro atoms. The highest BCUT2D eigenvalue weighted by atomic mass is 32.1. The van der Waals surface area contributed by atoms with E-state index in [0.717, 1.165) is 45.4 Å². The molecule has 1 aromatic heterocycles. The summed E-state index contributed by atoms with van der Waals surface area (Å²) in [5.74, 6) is -0.325. The summed E-state index contributed by atoms with van der Waals surface area (Å²) < 4.78 is 3.15. The summed E-state index contributed by atoms with van der Waals surface area (Å²) in [7, 11) is 0.